The van der Waals surface area contributed by atoms with Crippen LogP contribution in [0.4, 0.5) is 19.7 Å². The van der Waals surface area contributed by atoms with E-state index in [1.165, 1.54) is 22.9 Å². The third kappa shape index (κ3) is 4.71. The minimum atomic E-state index is -0.791. The Balaban J connectivity index is 1.69. The number of nitrogens with zero attached hydrogens (tertiary/aromatic N) is 2. The van der Waals surface area contributed by atoms with Gasteiger partial charge in [0.1, 0.15) is 11.4 Å². The van der Waals surface area contributed by atoms with E-state index >= 15 is 0 Å². The number of benzene rings is 1. The molecule has 2 aliphatic rings. The van der Waals surface area contributed by atoms with Gasteiger partial charge < -0.3 is 9.47 Å². The lowest BCUT2D eigenvalue weighted by atomic mass is 9.93. The van der Waals surface area contributed by atoms with Crippen LogP contribution in [0.1, 0.15) is 45.1 Å². The summed E-state index contributed by atoms with van der Waals surface area (Å²) in [5, 5.41) is 0. The van der Waals surface area contributed by atoms with Crippen LogP contribution in [-0.4, -0.2) is 54.0 Å². The van der Waals surface area contributed by atoms with Gasteiger partial charge in [-0.05, 0) is 68.7 Å². The van der Waals surface area contributed by atoms with Gasteiger partial charge in [-0.3, -0.25) is 9.80 Å². The molecule has 0 saturated carbocycles. The van der Waals surface area contributed by atoms with Crippen molar-refractivity contribution < 1.29 is 23.5 Å². The Kier molecular flexibility index (Phi) is 6.07. The second kappa shape index (κ2) is 8.19. The Bertz CT molecular complexity index is 746. The number of thioether (sulfide) groups is 1. The van der Waals surface area contributed by atoms with Gasteiger partial charge in [-0.1, -0.05) is 6.07 Å². The number of carbonyl (C=O) groups is 2. The Hall–Kier alpha value is -1.96. The van der Waals surface area contributed by atoms with Crippen molar-refractivity contribution in [1.82, 2.24) is 4.90 Å². The number of anilines is 1. The number of amides is 2. The first kappa shape index (κ1) is 20.8. The summed E-state index contributed by atoms with van der Waals surface area (Å²) in [6, 6.07) is 4.90. The van der Waals surface area contributed by atoms with E-state index in [0.29, 0.717) is 11.3 Å². The average molecular weight is 411 g/mol. The SMILES string of the molecule is CN(C(=O)OC(C)(C)C)[C@@H]1CN(c2ccc(C3CCSCC3)c(F)c2)C(=O)O1. The highest BCUT2D eigenvalue weighted by Gasteiger charge is 2.38. The largest absolute Gasteiger partial charge is 0.444 e. The van der Waals surface area contributed by atoms with Crippen LogP contribution in [0.5, 0.6) is 0 Å². The van der Waals surface area contributed by atoms with Gasteiger partial charge in [0.15, 0.2) is 6.23 Å². The molecule has 1 aromatic rings. The highest BCUT2D eigenvalue weighted by Crippen LogP contribution is 2.35. The van der Waals surface area contributed by atoms with Crippen LogP contribution in [0.15, 0.2) is 18.2 Å². The van der Waals surface area contributed by atoms with Crippen molar-refractivity contribution in [3.63, 3.8) is 0 Å². The molecule has 2 aliphatic heterocycles. The molecule has 0 aliphatic carbocycles. The van der Waals surface area contributed by atoms with E-state index in [4.69, 9.17) is 9.47 Å². The Morgan fingerprint density at radius 1 is 1.32 bits per heavy atom. The molecule has 2 saturated heterocycles. The van der Waals surface area contributed by atoms with Crippen molar-refractivity contribution in [3.05, 3.63) is 29.6 Å². The summed E-state index contributed by atoms with van der Waals surface area (Å²) in [4.78, 5) is 27.1. The second-order valence-electron chi connectivity index (χ2n) is 8.13. The van der Waals surface area contributed by atoms with Crippen LogP contribution in [-0.2, 0) is 9.47 Å². The minimum Gasteiger partial charge on any atom is -0.444 e. The van der Waals surface area contributed by atoms with Gasteiger partial charge in [-0.2, -0.15) is 11.8 Å². The molecule has 2 heterocycles. The van der Waals surface area contributed by atoms with Crippen molar-refractivity contribution in [2.75, 3.05) is 30.0 Å². The van der Waals surface area contributed by atoms with Gasteiger partial charge in [0, 0.05) is 7.05 Å². The van der Waals surface area contributed by atoms with E-state index in [1.54, 1.807) is 32.9 Å². The molecule has 1 atom stereocenters. The topological polar surface area (TPSA) is 59.1 Å². The van der Waals surface area contributed by atoms with Gasteiger partial charge in [-0.15, -0.1) is 0 Å². The van der Waals surface area contributed by atoms with E-state index in [0.717, 1.165) is 24.3 Å². The smallest absolute Gasteiger partial charge is 0.416 e. The fourth-order valence-electron chi connectivity index (χ4n) is 3.34. The summed E-state index contributed by atoms with van der Waals surface area (Å²) in [5.41, 5.74) is 0.486. The predicted molar refractivity (Wildman–Crippen MR) is 107 cm³/mol. The molecule has 6 nitrogen and oxygen atoms in total. The summed E-state index contributed by atoms with van der Waals surface area (Å²) in [6.45, 7) is 5.41. The van der Waals surface area contributed by atoms with Crippen LogP contribution >= 0.6 is 11.8 Å². The zero-order valence-electron chi connectivity index (χ0n) is 16.7. The van der Waals surface area contributed by atoms with Crippen molar-refractivity contribution in [2.45, 2.75) is 51.4 Å². The molecule has 2 amide bonds. The molecule has 0 bridgehead atoms. The molecule has 8 heteroatoms. The molecule has 0 unspecified atom stereocenters. The van der Waals surface area contributed by atoms with Crippen molar-refractivity contribution >= 4 is 29.6 Å². The highest BCUT2D eigenvalue weighted by molar-refractivity contribution is 7.99. The Morgan fingerprint density at radius 2 is 2.00 bits per heavy atom. The van der Waals surface area contributed by atoms with E-state index in [2.05, 4.69) is 0 Å². The number of halogens is 1. The molecular formula is C20H27FN2O4S. The quantitative estimate of drug-likeness (QED) is 0.730. The Labute approximate surface area is 169 Å². The zero-order valence-corrected chi connectivity index (χ0v) is 17.6. The first-order chi connectivity index (χ1) is 13.2. The van der Waals surface area contributed by atoms with Crippen LogP contribution in [0.2, 0.25) is 0 Å². The second-order valence-corrected chi connectivity index (χ2v) is 9.36. The van der Waals surface area contributed by atoms with Gasteiger partial charge in [0.25, 0.3) is 0 Å². The molecule has 0 N–H and O–H groups in total. The molecule has 0 spiro atoms. The number of carbonyl (C=O) groups excluding carboxylic acids is 2. The van der Waals surface area contributed by atoms with Crippen molar-refractivity contribution in [2.24, 2.45) is 0 Å². The third-order valence-corrected chi connectivity index (χ3v) is 5.92. The lowest BCUT2D eigenvalue weighted by molar-refractivity contribution is -0.00992. The Morgan fingerprint density at radius 3 is 2.61 bits per heavy atom. The van der Waals surface area contributed by atoms with Gasteiger partial charge >= 0.3 is 12.2 Å². The molecule has 2 fully saturated rings. The van der Waals surface area contributed by atoms with Crippen LogP contribution in [0.3, 0.4) is 0 Å². The molecule has 1 aromatic carbocycles. The molecule has 0 aromatic heterocycles. The van der Waals surface area contributed by atoms with Gasteiger partial charge in [0.2, 0.25) is 0 Å². The first-order valence-electron chi connectivity index (χ1n) is 9.47. The monoisotopic (exact) mass is 410 g/mol. The van der Waals surface area contributed by atoms with E-state index in [9.17, 15) is 14.0 Å². The number of ether oxygens (including phenoxy) is 2. The van der Waals surface area contributed by atoms with Gasteiger partial charge in [0.05, 0.1) is 12.2 Å². The van der Waals surface area contributed by atoms with Crippen LogP contribution in [0, 0.1) is 5.82 Å². The highest BCUT2D eigenvalue weighted by atomic mass is 32.2. The molecule has 28 heavy (non-hydrogen) atoms. The van der Waals surface area contributed by atoms with E-state index in [-0.39, 0.29) is 18.3 Å². The maximum absolute atomic E-state index is 14.7. The zero-order chi connectivity index (χ0) is 20.5. The maximum Gasteiger partial charge on any atom is 0.416 e. The fraction of sp³-hybridized carbons (Fsp3) is 0.600. The summed E-state index contributed by atoms with van der Waals surface area (Å²) in [7, 11) is 1.51. The predicted octanol–water partition coefficient (Wildman–Crippen LogP) is 4.59. The number of cyclic esters (lactones) is 1. The standard InChI is InChI=1S/C20H27FN2O4S/c1-20(2,3)27-18(24)22(4)17-12-23(19(25)26-17)14-5-6-15(16(21)11-14)13-7-9-28-10-8-13/h5-6,11,13,17H,7-10,12H2,1-4H3/t17-/m0/s1. The van der Waals surface area contributed by atoms with Crippen LogP contribution < -0.4 is 4.90 Å². The summed E-state index contributed by atoms with van der Waals surface area (Å²) in [5.74, 6) is 2.02. The molecule has 154 valence electrons. The molecule has 0 radical (unpaired) electrons. The normalized spacial score (nSPS) is 20.8. The lowest BCUT2D eigenvalue weighted by Crippen LogP contribution is -2.42. The number of rotatable bonds is 3. The molecular weight excluding hydrogens is 383 g/mol. The van der Waals surface area contributed by atoms with Crippen LogP contribution in [0.25, 0.3) is 0 Å². The first-order valence-corrected chi connectivity index (χ1v) is 10.6. The average Bonchev–Trinajstić information content (AvgIpc) is 3.02. The number of hydrogen-bond donors (Lipinski definition) is 0. The lowest BCUT2D eigenvalue weighted by Gasteiger charge is -2.27. The summed E-state index contributed by atoms with van der Waals surface area (Å²) < 4.78 is 25.3. The maximum atomic E-state index is 14.7. The summed E-state index contributed by atoms with van der Waals surface area (Å²) >= 11 is 1.90. The molecule has 3 rings (SSSR count). The summed E-state index contributed by atoms with van der Waals surface area (Å²) in [6.07, 6.45) is -0.0452. The minimum absolute atomic E-state index is 0.118. The third-order valence-electron chi connectivity index (χ3n) is 4.87. The van der Waals surface area contributed by atoms with Crippen molar-refractivity contribution in [1.29, 1.82) is 0 Å². The van der Waals surface area contributed by atoms with E-state index < -0.39 is 24.0 Å². The fourth-order valence-corrected chi connectivity index (χ4v) is 4.44. The van der Waals surface area contributed by atoms with Crippen molar-refractivity contribution in [3.8, 4) is 0 Å². The van der Waals surface area contributed by atoms with E-state index in [1.807, 2.05) is 11.8 Å². The number of hydrogen-bond acceptors (Lipinski definition) is 5. The van der Waals surface area contributed by atoms with Gasteiger partial charge in [-0.25, -0.2) is 14.0 Å². The number of likely N-dealkylation sites (N-methyl/N-ethyl adjacent to an activating group) is 1.